The fraction of sp³-hybridized carbons (Fsp3) is 0.467. The number of carbonyl (C=O) groups is 1. The molecule has 1 aromatic heterocycles. The van der Waals surface area contributed by atoms with Crippen molar-refractivity contribution in [3.8, 4) is 5.75 Å². The van der Waals surface area contributed by atoms with Gasteiger partial charge in [0.05, 0.1) is 11.8 Å². The Hall–Kier alpha value is -3.19. The molecule has 37 heavy (non-hydrogen) atoms. The number of aromatic nitrogens is 2. The van der Waals surface area contributed by atoms with Crippen molar-refractivity contribution in [1.82, 2.24) is 14.5 Å². The average Bonchev–Trinajstić information content (AvgIpc) is 3.35. The van der Waals surface area contributed by atoms with Crippen LogP contribution in [0.25, 0.3) is 0 Å². The summed E-state index contributed by atoms with van der Waals surface area (Å²) < 4.78 is 21.9. The minimum absolute atomic E-state index is 0.124. The number of rotatable bonds is 5. The molecule has 0 bridgehead atoms. The summed E-state index contributed by atoms with van der Waals surface area (Å²) in [6.45, 7) is 14.2. The van der Waals surface area contributed by atoms with Crippen LogP contribution in [0.1, 0.15) is 71.5 Å². The number of carbonyl (C=O) groups excluding carboxylic acids is 1. The lowest BCUT2D eigenvalue weighted by atomic mass is 9.81. The standard InChI is InChI=1S/C30H37FN4O2/c1-20(2)37-25-12-7-9-22(15-25)18-33-14-13-30(17-21(33)3)27-32-26(29(4,5)6)19-34(27)28(36)35(30)24-11-8-10-23(31)16-24/h7-12,15-16,19-21H,13-14,17-18H2,1-6H3/t21?,30-/m0/s1. The maximum Gasteiger partial charge on any atom is 0.335 e. The summed E-state index contributed by atoms with van der Waals surface area (Å²) in [6.07, 6.45) is 3.41. The second-order valence-electron chi connectivity index (χ2n) is 11.8. The van der Waals surface area contributed by atoms with Gasteiger partial charge in [-0.2, -0.15) is 0 Å². The number of fused-ring (bicyclic) bond motifs is 2. The third-order valence-corrected chi connectivity index (χ3v) is 7.51. The van der Waals surface area contributed by atoms with E-state index in [1.807, 2.05) is 38.2 Å². The highest BCUT2D eigenvalue weighted by Gasteiger charge is 2.55. The van der Waals surface area contributed by atoms with E-state index in [9.17, 15) is 9.18 Å². The van der Waals surface area contributed by atoms with Crippen molar-refractivity contribution in [3.05, 3.63) is 77.6 Å². The summed E-state index contributed by atoms with van der Waals surface area (Å²) in [6, 6.07) is 14.6. The number of hydrogen-bond acceptors (Lipinski definition) is 4. The van der Waals surface area contributed by atoms with E-state index in [4.69, 9.17) is 9.72 Å². The van der Waals surface area contributed by atoms with Gasteiger partial charge in [-0.25, -0.2) is 14.2 Å². The molecule has 1 saturated heterocycles. The summed E-state index contributed by atoms with van der Waals surface area (Å²) in [4.78, 5) is 23.1. The summed E-state index contributed by atoms with van der Waals surface area (Å²) in [5, 5.41) is 0. The highest BCUT2D eigenvalue weighted by Crippen LogP contribution is 2.48. The fourth-order valence-corrected chi connectivity index (χ4v) is 5.71. The summed E-state index contributed by atoms with van der Waals surface area (Å²) >= 11 is 0. The first-order valence-corrected chi connectivity index (χ1v) is 13.2. The van der Waals surface area contributed by atoms with E-state index in [1.165, 1.54) is 17.7 Å². The molecule has 2 atom stereocenters. The Morgan fingerprint density at radius 1 is 1.16 bits per heavy atom. The van der Waals surface area contributed by atoms with E-state index in [0.29, 0.717) is 18.5 Å². The number of likely N-dealkylation sites (tertiary alicyclic amines) is 1. The van der Waals surface area contributed by atoms with Crippen molar-refractivity contribution in [2.75, 3.05) is 11.4 Å². The van der Waals surface area contributed by atoms with Crippen LogP contribution >= 0.6 is 0 Å². The molecule has 6 nitrogen and oxygen atoms in total. The minimum Gasteiger partial charge on any atom is -0.491 e. The highest BCUT2D eigenvalue weighted by molar-refractivity contribution is 5.99. The van der Waals surface area contributed by atoms with E-state index in [1.54, 1.807) is 15.5 Å². The second-order valence-corrected chi connectivity index (χ2v) is 11.8. The van der Waals surface area contributed by atoms with Gasteiger partial charge in [0, 0.05) is 36.4 Å². The smallest absolute Gasteiger partial charge is 0.335 e. The predicted molar refractivity (Wildman–Crippen MR) is 144 cm³/mol. The lowest BCUT2D eigenvalue weighted by molar-refractivity contribution is 0.0966. The van der Waals surface area contributed by atoms with E-state index in [0.717, 1.165) is 30.4 Å². The quantitative estimate of drug-likeness (QED) is 0.399. The lowest BCUT2D eigenvalue weighted by Crippen LogP contribution is -2.55. The van der Waals surface area contributed by atoms with E-state index >= 15 is 0 Å². The molecule has 0 aliphatic carbocycles. The first-order valence-electron chi connectivity index (χ1n) is 13.2. The van der Waals surface area contributed by atoms with Gasteiger partial charge in [0.25, 0.3) is 0 Å². The van der Waals surface area contributed by atoms with Crippen LogP contribution in [0.2, 0.25) is 0 Å². The van der Waals surface area contributed by atoms with Crippen LogP contribution in [0.5, 0.6) is 5.75 Å². The van der Waals surface area contributed by atoms with Crippen molar-refractivity contribution < 1.29 is 13.9 Å². The zero-order chi connectivity index (χ0) is 26.5. The molecule has 1 spiro atoms. The average molecular weight is 505 g/mol. The molecular formula is C30H37FN4O2. The van der Waals surface area contributed by atoms with Crippen LogP contribution in [-0.2, 0) is 17.5 Å². The number of nitrogens with zero attached hydrogens (tertiary/aromatic N) is 4. The molecule has 0 radical (unpaired) electrons. The molecule has 1 unspecified atom stereocenters. The van der Waals surface area contributed by atoms with Gasteiger partial charge < -0.3 is 4.74 Å². The number of imidazole rings is 1. The van der Waals surface area contributed by atoms with Crippen molar-refractivity contribution in [3.63, 3.8) is 0 Å². The SMILES string of the molecule is CC(C)Oc1cccc(CN2CC[C@]3(CC2C)c2nc(C(C)(C)C)cn2C(=O)N3c2cccc(F)c2)c1. The van der Waals surface area contributed by atoms with Crippen LogP contribution in [-0.4, -0.2) is 39.2 Å². The van der Waals surface area contributed by atoms with Gasteiger partial charge in [-0.15, -0.1) is 0 Å². The summed E-state index contributed by atoms with van der Waals surface area (Å²) in [5.41, 5.74) is 1.85. The van der Waals surface area contributed by atoms with Gasteiger partial charge >= 0.3 is 6.03 Å². The Morgan fingerprint density at radius 3 is 2.59 bits per heavy atom. The molecule has 0 N–H and O–H groups in total. The Kier molecular flexibility index (Phi) is 6.39. The summed E-state index contributed by atoms with van der Waals surface area (Å²) in [7, 11) is 0. The van der Waals surface area contributed by atoms with Crippen LogP contribution < -0.4 is 9.64 Å². The molecular weight excluding hydrogens is 467 g/mol. The van der Waals surface area contributed by atoms with Crippen molar-refractivity contribution in [2.45, 2.75) is 84.0 Å². The largest absolute Gasteiger partial charge is 0.491 e. The van der Waals surface area contributed by atoms with Crippen molar-refractivity contribution in [1.29, 1.82) is 0 Å². The topological polar surface area (TPSA) is 50.6 Å². The van der Waals surface area contributed by atoms with Gasteiger partial charge in [0.2, 0.25) is 0 Å². The second kappa shape index (κ2) is 9.28. The zero-order valence-corrected chi connectivity index (χ0v) is 22.7. The predicted octanol–water partition coefficient (Wildman–Crippen LogP) is 6.48. The molecule has 0 saturated carbocycles. The number of benzene rings is 2. The van der Waals surface area contributed by atoms with E-state index < -0.39 is 5.54 Å². The Labute approximate surface area is 219 Å². The number of anilines is 1. The van der Waals surface area contributed by atoms with Crippen molar-refractivity contribution in [2.24, 2.45) is 0 Å². The number of hydrogen-bond donors (Lipinski definition) is 0. The first-order chi connectivity index (χ1) is 17.5. The molecule has 7 heteroatoms. The molecule has 3 heterocycles. The molecule has 3 aromatic rings. The molecule has 2 aliphatic heterocycles. The molecule has 196 valence electrons. The van der Waals surface area contributed by atoms with E-state index in [-0.39, 0.29) is 29.4 Å². The van der Waals surface area contributed by atoms with Gasteiger partial charge in [-0.3, -0.25) is 14.4 Å². The number of piperidine rings is 1. The Bertz CT molecular complexity index is 1310. The monoisotopic (exact) mass is 504 g/mol. The van der Waals surface area contributed by atoms with Crippen LogP contribution in [0, 0.1) is 5.82 Å². The molecule has 1 fully saturated rings. The zero-order valence-electron chi connectivity index (χ0n) is 22.7. The maximum absolute atomic E-state index is 14.3. The third kappa shape index (κ3) is 4.65. The molecule has 1 amide bonds. The van der Waals surface area contributed by atoms with Crippen LogP contribution in [0.3, 0.4) is 0 Å². The Morgan fingerprint density at radius 2 is 1.92 bits per heavy atom. The number of amides is 1. The number of ether oxygens (including phenoxy) is 1. The minimum atomic E-state index is -0.632. The fourth-order valence-electron chi connectivity index (χ4n) is 5.71. The normalized spacial score (nSPS) is 22.2. The van der Waals surface area contributed by atoms with Gasteiger partial charge in [0.1, 0.15) is 22.9 Å². The van der Waals surface area contributed by atoms with Gasteiger partial charge in [-0.05, 0) is 69.5 Å². The highest BCUT2D eigenvalue weighted by atomic mass is 19.1. The van der Waals surface area contributed by atoms with Gasteiger partial charge in [0.15, 0.2) is 0 Å². The molecule has 5 rings (SSSR count). The van der Waals surface area contributed by atoms with Crippen LogP contribution in [0.15, 0.2) is 54.7 Å². The number of halogens is 1. The molecule has 2 aliphatic rings. The lowest BCUT2D eigenvalue weighted by Gasteiger charge is -2.47. The Balaban J connectivity index is 1.48. The van der Waals surface area contributed by atoms with E-state index in [2.05, 4.69) is 44.7 Å². The van der Waals surface area contributed by atoms with Gasteiger partial charge in [-0.1, -0.05) is 39.0 Å². The first kappa shape index (κ1) is 25.5. The van der Waals surface area contributed by atoms with Crippen molar-refractivity contribution >= 4 is 11.7 Å². The maximum atomic E-state index is 14.3. The summed E-state index contributed by atoms with van der Waals surface area (Å²) in [5.74, 6) is 1.30. The van der Waals surface area contributed by atoms with Crippen LogP contribution in [0.4, 0.5) is 14.9 Å². The molecule has 2 aromatic carbocycles. The third-order valence-electron chi connectivity index (χ3n) is 7.51.